The first-order chi connectivity index (χ1) is 15.8. The van der Waals surface area contributed by atoms with Gasteiger partial charge in [0.05, 0.1) is 7.11 Å². The lowest BCUT2D eigenvalue weighted by Gasteiger charge is -2.23. The Balaban J connectivity index is 1.55. The third-order valence-electron chi connectivity index (χ3n) is 5.46. The molecule has 2 saturated heterocycles. The number of aliphatic carboxylic acids is 1. The minimum Gasteiger partial charge on any atom is -0.493 e. The summed E-state index contributed by atoms with van der Waals surface area (Å²) in [5.74, 6) is -1.06. The second-order valence-corrected chi connectivity index (χ2v) is 7.54. The van der Waals surface area contributed by atoms with Gasteiger partial charge in [0.2, 0.25) is 0 Å². The van der Waals surface area contributed by atoms with Crippen LogP contribution in [0.25, 0.3) is 0 Å². The van der Waals surface area contributed by atoms with Gasteiger partial charge in [-0.25, -0.2) is 9.59 Å². The van der Waals surface area contributed by atoms with E-state index in [1.807, 2.05) is 0 Å². The third-order valence-corrected chi connectivity index (χ3v) is 5.46. The fraction of sp³-hybridized carbons (Fsp3) is 0.524. The molecule has 0 aromatic heterocycles. The summed E-state index contributed by atoms with van der Waals surface area (Å²) < 4.78 is 21.0. The van der Waals surface area contributed by atoms with Crippen LogP contribution in [0.3, 0.4) is 0 Å². The lowest BCUT2D eigenvalue weighted by molar-refractivity contribution is -0.149. The van der Waals surface area contributed by atoms with E-state index in [0.29, 0.717) is 44.5 Å². The summed E-state index contributed by atoms with van der Waals surface area (Å²) in [4.78, 5) is 49.4. The average molecular weight is 466 g/mol. The number of carboxylic acids is 1. The highest BCUT2D eigenvalue weighted by Gasteiger charge is 2.34. The second-order valence-electron chi connectivity index (χ2n) is 7.54. The molecule has 0 radical (unpaired) electrons. The molecule has 0 saturated carbocycles. The first-order valence-corrected chi connectivity index (χ1v) is 10.4. The van der Waals surface area contributed by atoms with Crippen LogP contribution >= 0.6 is 0 Å². The minimum absolute atomic E-state index is 0.255. The maximum atomic E-state index is 12.4. The highest BCUT2D eigenvalue weighted by Crippen LogP contribution is 2.32. The molecule has 180 valence electrons. The maximum absolute atomic E-state index is 12.4. The van der Waals surface area contributed by atoms with Gasteiger partial charge >= 0.3 is 12.1 Å². The number of ether oxygens (including phenoxy) is 4. The standard InChI is InChI=1S/C21H26N2O10/c1-30-16-10-13(31-11-17(24)22-8-2-4-14(22)20(26)27)6-7-15(16)32-12-18(25)23-9-3-5-19(23)33-21(28)29/h6-7,10,14,19H,2-5,8-9,11-12H2,1H3,(H,26,27)(H,28,29)/t14-,19-/m1/s1. The van der Waals surface area contributed by atoms with Crippen molar-refractivity contribution in [2.45, 2.75) is 38.0 Å². The number of benzene rings is 1. The molecule has 2 amide bonds. The maximum Gasteiger partial charge on any atom is 0.507 e. The summed E-state index contributed by atoms with van der Waals surface area (Å²) in [5.41, 5.74) is 0. The molecule has 0 unspecified atom stereocenters. The highest BCUT2D eigenvalue weighted by molar-refractivity contribution is 5.85. The first kappa shape index (κ1) is 24.0. The van der Waals surface area contributed by atoms with Crippen molar-refractivity contribution in [1.29, 1.82) is 0 Å². The number of amides is 2. The van der Waals surface area contributed by atoms with Crippen molar-refractivity contribution in [3.8, 4) is 17.2 Å². The summed E-state index contributed by atoms with van der Waals surface area (Å²) in [5, 5.41) is 18.0. The molecule has 1 aromatic rings. The van der Waals surface area contributed by atoms with Gasteiger partial charge in [-0.1, -0.05) is 0 Å². The van der Waals surface area contributed by atoms with Gasteiger partial charge in [-0.2, -0.15) is 0 Å². The molecular weight excluding hydrogens is 440 g/mol. The van der Waals surface area contributed by atoms with Crippen LogP contribution in [0.4, 0.5) is 4.79 Å². The monoisotopic (exact) mass is 466 g/mol. The molecule has 3 rings (SSSR count). The van der Waals surface area contributed by atoms with E-state index >= 15 is 0 Å². The fourth-order valence-electron chi connectivity index (χ4n) is 3.89. The molecule has 2 aliphatic heterocycles. The van der Waals surface area contributed by atoms with Crippen LogP contribution in [0.2, 0.25) is 0 Å². The fourth-order valence-corrected chi connectivity index (χ4v) is 3.89. The van der Waals surface area contributed by atoms with Crippen LogP contribution in [0.15, 0.2) is 18.2 Å². The summed E-state index contributed by atoms with van der Waals surface area (Å²) in [6, 6.07) is 3.69. The summed E-state index contributed by atoms with van der Waals surface area (Å²) >= 11 is 0. The lowest BCUT2D eigenvalue weighted by Crippen LogP contribution is -2.42. The SMILES string of the molecule is COc1cc(OCC(=O)N2CCC[C@@H]2C(=O)O)ccc1OCC(=O)N1CCC[C@H]1OC(=O)O. The molecule has 2 N–H and O–H groups in total. The molecule has 12 heteroatoms. The van der Waals surface area contributed by atoms with Crippen LogP contribution in [-0.2, 0) is 19.1 Å². The highest BCUT2D eigenvalue weighted by atomic mass is 16.7. The third kappa shape index (κ3) is 5.96. The minimum atomic E-state index is -1.44. The zero-order chi connectivity index (χ0) is 24.0. The Labute approximate surface area is 189 Å². The number of likely N-dealkylation sites (tertiary alicyclic amines) is 2. The van der Waals surface area contributed by atoms with Crippen molar-refractivity contribution in [1.82, 2.24) is 9.80 Å². The second kappa shape index (κ2) is 10.7. The smallest absolute Gasteiger partial charge is 0.493 e. The molecule has 0 spiro atoms. The van der Waals surface area contributed by atoms with Gasteiger partial charge in [-0.05, 0) is 31.4 Å². The number of nitrogens with zero attached hydrogens (tertiary/aromatic N) is 2. The number of carbonyl (C=O) groups excluding carboxylic acids is 2. The van der Waals surface area contributed by atoms with Crippen LogP contribution in [-0.4, -0.2) is 89.6 Å². The molecule has 2 aliphatic rings. The quantitative estimate of drug-likeness (QED) is 0.507. The zero-order valence-electron chi connectivity index (χ0n) is 18.1. The molecule has 33 heavy (non-hydrogen) atoms. The molecule has 1 aromatic carbocycles. The van der Waals surface area contributed by atoms with E-state index in [9.17, 15) is 24.3 Å². The van der Waals surface area contributed by atoms with Crippen LogP contribution < -0.4 is 14.2 Å². The number of hydrogen-bond acceptors (Lipinski definition) is 8. The number of hydrogen-bond donors (Lipinski definition) is 2. The molecule has 12 nitrogen and oxygen atoms in total. The Morgan fingerprint density at radius 3 is 2.30 bits per heavy atom. The van der Waals surface area contributed by atoms with Gasteiger partial charge in [-0.3, -0.25) is 9.59 Å². The first-order valence-electron chi connectivity index (χ1n) is 10.4. The van der Waals surface area contributed by atoms with E-state index < -0.39 is 36.2 Å². The number of carboxylic acid groups (broad SMARTS) is 2. The zero-order valence-corrected chi connectivity index (χ0v) is 18.1. The topological polar surface area (TPSA) is 152 Å². The molecule has 2 atom stereocenters. The van der Waals surface area contributed by atoms with Crippen molar-refractivity contribution < 1.29 is 48.3 Å². The van der Waals surface area contributed by atoms with Gasteiger partial charge in [0.25, 0.3) is 11.8 Å². The largest absolute Gasteiger partial charge is 0.507 e. The Morgan fingerprint density at radius 1 is 0.939 bits per heavy atom. The van der Waals surface area contributed by atoms with E-state index in [0.717, 1.165) is 0 Å². The van der Waals surface area contributed by atoms with Gasteiger partial charge in [0.15, 0.2) is 30.9 Å². The van der Waals surface area contributed by atoms with Crippen molar-refractivity contribution in [3.05, 3.63) is 18.2 Å². The predicted octanol–water partition coefficient (Wildman–Crippen LogP) is 1.17. The van der Waals surface area contributed by atoms with Gasteiger partial charge < -0.3 is 39.0 Å². The Bertz CT molecular complexity index is 905. The lowest BCUT2D eigenvalue weighted by atomic mass is 10.2. The summed E-state index contributed by atoms with van der Waals surface area (Å²) in [7, 11) is 1.40. The van der Waals surface area contributed by atoms with Crippen molar-refractivity contribution >= 4 is 23.9 Å². The Morgan fingerprint density at radius 2 is 1.61 bits per heavy atom. The number of carbonyl (C=O) groups is 4. The molecule has 2 fully saturated rings. The van der Waals surface area contributed by atoms with Crippen LogP contribution in [0.5, 0.6) is 17.2 Å². The van der Waals surface area contributed by atoms with E-state index in [2.05, 4.69) is 0 Å². The number of methoxy groups -OCH3 is 1. The molecular formula is C21H26N2O10. The summed E-state index contributed by atoms with van der Waals surface area (Å²) in [6.07, 6.45) is -0.175. The predicted molar refractivity (Wildman–Crippen MR) is 110 cm³/mol. The van der Waals surface area contributed by atoms with Gasteiger partial charge in [-0.15, -0.1) is 0 Å². The Kier molecular flexibility index (Phi) is 7.80. The summed E-state index contributed by atoms with van der Waals surface area (Å²) in [6.45, 7) is 0.0715. The van der Waals surface area contributed by atoms with Gasteiger partial charge in [0, 0.05) is 25.6 Å². The van der Waals surface area contributed by atoms with E-state index in [4.69, 9.17) is 24.1 Å². The van der Waals surface area contributed by atoms with Crippen LogP contribution in [0.1, 0.15) is 25.7 Å². The van der Waals surface area contributed by atoms with Crippen molar-refractivity contribution in [3.63, 3.8) is 0 Å². The van der Waals surface area contributed by atoms with E-state index in [-0.39, 0.29) is 24.7 Å². The average Bonchev–Trinajstić information content (AvgIpc) is 3.45. The van der Waals surface area contributed by atoms with Crippen molar-refractivity contribution in [2.24, 2.45) is 0 Å². The van der Waals surface area contributed by atoms with E-state index in [1.165, 1.54) is 35.1 Å². The van der Waals surface area contributed by atoms with Crippen molar-refractivity contribution in [2.75, 3.05) is 33.4 Å². The molecule has 0 aliphatic carbocycles. The van der Waals surface area contributed by atoms with E-state index in [1.54, 1.807) is 0 Å². The molecule has 0 bridgehead atoms. The Hall–Kier alpha value is -3.70. The normalized spacial score (nSPS) is 19.8. The number of rotatable bonds is 9. The van der Waals surface area contributed by atoms with Gasteiger partial charge in [0.1, 0.15) is 11.8 Å². The van der Waals surface area contributed by atoms with Crippen LogP contribution in [0, 0.1) is 0 Å². The molecule has 2 heterocycles.